The van der Waals surface area contributed by atoms with Gasteiger partial charge in [-0.15, -0.1) is 11.3 Å². The van der Waals surface area contributed by atoms with Crippen LogP contribution in [0.2, 0.25) is 0 Å². The van der Waals surface area contributed by atoms with Crippen molar-refractivity contribution < 1.29 is 4.79 Å². The zero-order valence-corrected chi connectivity index (χ0v) is 19.6. The van der Waals surface area contributed by atoms with E-state index in [1.165, 1.54) is 0 Å². The van der Waals surface area contributed by atoms with Crippen LogP contribution in [0.3, 0.4) is 0 Å². The van der Waals surface area contributed by atoms with E-state index in [0.717, 1.165) is 53.2 Å². The van der Waals surface area contributed by atoms with E-state index in [4.69, 9.17) is 4.98 Å². The molecule has 4 aromatic rings. The van der Waals surface area contributed by atoms with Crippen molar-refractivity contribution >= 4 is 33.8 Å². The molecule has 0 amide bonds. The Balaban J connectivity index is 1.32. The topological polar surface area (TPSA) is 75.1 Å². The molecular weight excluding hydrogens is 432 g/mol. The summed E-state index contributed by atoms with van der Waals surface area (Å²) in [5.74, 6) is 0.910. The number of pyridine rings is 3. The molecule has 0 aromatic carbocycles. The summed E-state index contributed by atoms with van der Waals surface area (Å²) in [7, 11) is 4.27. The van der Waals surface area contributed by atoms with Gasteiger partial charge in [0.15, 0.2) is 5.78 Å². The Morgan fingerprint density at radius 1 is 1.12 bits per heavy atom. The molecule has 0 saturated carbocycles. The monoisotopic (exact) mass is 458 g/mol. The molecular formula is C25H26N6OS. The number of aromatic nitrogens is 4. The Labute approximate surface area is 197 Å². The second-order valence-electron chi connectivity index (χ2n) is 8.62. The molecule has 4 aromatic heterocycles. The van der Waals surface area contributed by atoms with E-state index in [-0.39, 0.29) is 12.2 Å². The van der Waals surface area contributed by atoms with Crippen LogP contribution in [0.25, 0.3) is 21.5 Å². The molecule has 0 spiro atoms. The van der Waals surface area contributed by atoms with E-state index < -0.39 is 0 Å². The van der Waals surface area contributed by atoms with Gasteiger partial charge >= 0.3 is 0 Å². The van der Waals surface area contributed by atoms with Gasteiger partial charge in [-0.3, -0.25) is 14.8 Å². The third-order valence-electron chi connectivity index (χ3n) is 6.24. The normalized spacial score (nSPS) is 14.8. The molecule has 0 atom stereocenters. The quantitative estimate of drug-likeness (QED) is 0.403. The maximum Gasteiger partial charge on any atom is 0.169 e. The maximum atomic E-state index is 13.1. The van der Waals surface area contributed by atoms with Crippen molar-refractivity contribution in [2.45, 2.75) is 25.3 Å². The number of hydrogen-bond donors (Lipinski definition) is 0. The van der Waals surface area contributed by atoms with Crippen molar-refractivity contribution in [3.63, 3.8) is 0 Å². The van der Waals surface area contributed by atoms with Gasteiger partial charge in [0.2, 0.25) is 0 Å². The summed E-state index contributed by atoms with van der Waals surface area (Å²) in [5, 5.41) is 0.951. The van der Waals surface area contributed by atoms with Crippen molar-refractivity contribution in [1.82, 2.24) is 24.8 Å². The van der Waals surface area contributed by atoms with E-state index >= 15 is 0 Å². The summed E-state index contributed by atoms with van der Waals surface area (Å²) in [6.07, 6.45) is 7.77. The predicted octanol–water partition coefficient (Wildman–Crippen LogP) is 4.10. The molecule has 5 rings (SSSR count). The molecule has 168 valence electrons. The molecule has 8 heteroatoms. The van der Waals surface area contributed by atoms with Gasteiger partial charge in [0, 0.05) is 48.7 Å². The van der Waals surface area contributed by atoms with Gasteiger partial charge in [-0.25, -0.2) is 9.97 Å². The highest BCUT2D eigenvalue weighted by Gasteiger charge is 2.22. The van der Waals surface area contributed by atoms with Crippen molar-refractivity contribution in [3.05, 3.63) is 65.7 Å². The number of carbonyl (C=O) groups excluding carboxylic acids is 1. The summed E-state index contributed by atoms with van der Waals surface area (Å²) in [4.78, 5) is 36.6. The summed E-state index contributed by atoms with van der Waals surface area (Å²) >= 11 is 1.56. The van der Waals surface area contributed by atoms with Gasteiger partial charge in [0.25, 0.3) is 0 Å². The van der Waals surface area contributed by atoms with Gasteiger partial charge in [-0.2, -0.15) is 0 Å². The second kappa shape index (κ2) is 9.33. The van der Waals surface area contributed by atoms with Crippen molar-refractivity contribution in [3.8, 4) is 10.6 Å². The van der Waals surface area contributed by atoms with Crippen molar-refractivity contribution in [2.75, 3.05) is 32.1 Å². The Morgan fingerprint density at radius 3 is 2.73 bits per heavy atom. The average molecular weight is 459 g/mol. The molecule has 1 fully saturated rings. The molecule has 0 N–H and O–H groups in total. The smallest absolute Gasteiger partial charge is 0.169 e. The van der Waals surface area contributed by atoms with Crippen LogP contribution >= 0.6 is 11.3 Å². The minimum atomic E-state index is 0.0345. The lowest BCUT2D eigenvalue weighted by molar-refractivity contribution is 0.0992. The van der Waals surface area contributed by atoms with Crippen LogP contribution in [0.15, 0.2) is 54.4 Å². The maximum absolute atomic E-state index is 13.1. The van der Waals surface area contributed by atoms with Crippen LogP contribution in [-0.2, 0) is 6.42 Å². The Hall–Kier alpha value is -3.23. The average Bonchev–Trinajstić information content (AvgIpc) is 3.39. The number of fused-ring (bicyclic) bond motifs is 1. The summed E-state index contributed by atoms with van der Waals surface area (Å²) in [6, 6.07) is 10.2. The van der Waals surface area contributed by atoms with Crippen molar-refractivity contribution in [1.29, 1.82) is 0 Å². The molecule has 0 radical (unpaired) electrons. The van der Waals surface area contributed by atoms with Crippen molar-refractivity contribution in [2.24, 2.45) is 0 Å². The third kappa shape index (κ3) is 4.77. The molecule has 5 heterocycles. The first-order chi connectivity index (χ1) is 16.1. The SMILES string of the molecule is CN(C)C1CCN(c2cc(C(=O)Cc3cc4nc(-c5cncs5)ccc4cn3)ccn2)CC1. The molecule has 0 aliphatic carbocycles. The second-order valence-corrected chi connectivity index (χ2v) is 9.50. The number of carbonyl (C=O) groups is 1. The lowest BCUT2D eigenvalue weighted by Crippen LogP contribution is -2.42. The molecule has 0 bridgehead atoms. The zero-order chi connectivity index (χ0) is 22.8. The fourth-order valence-corrected chi connectivity index (χ4v) is 4.87. The van der Waals surface area contributed by atoms with Crippen LogP contribution in [0.1, 0.15) is 28.9 Å². The largest absolute Gasteiger partial charge is 0.356 e. The predicted molar refractivity (Wildman–Crippen MR) is 132 cm³/mol. The fraction of sp³-hybridized carbons (Fsp3) is 0.320. The summed E-state index contributed by atoms with van der Waals surface area (Å²) in [6.45, 7) is 1.90. The van der Waals surface area contributed by atoms with E-state index in [1.807, 2.05) is 30.5 Å². The molecule has 1 saturated heterocycles. The minimum absolute atomic E-state index is 0.0345. The Bertz CT molecular complexity index is 1270. The number of thiazole rings is 1. The first-order valence-corrected chi connectivity index (χ1v) is 12.0. The lowest BCUT2D eigenvalue weighted by Gasteiger charge is -2.35. The standard InChI is InChI=1S/C25H26N6OS/c1-30(2)20-6-9-31(10-7-20)25-11-17(5-8-27-25)23(32)13-19-12-22-18(14-28-19)3-4-21(29-22)24-15-26-16-33-24/h3-5,8,11-12,14-16,20H,6-7,9-10,13H2,1-2H3. The molecule has 33 heavy (non-hydrogen) atoms. The van der Waals surface area contributed by atoms with Crippen LogP contribution in [0.5, 0.6) is 0 Å². The number of nitrogens with zero attached hydrogens (tertiary/aromatic N) is 6. The van der Waals surface area contributed by atoms with Crippen LogP contribution in [0.4, 0.5) is 5.82 Å². The van der Waals surface area contributed by atoms with Gasteiger partial charge in [-0.05, 0) is 57.3 Å². The lowest BCUT2D eigenvalue weighted by atomic mass is 10.0. The van der Waals surface area contributed by atoms with Crippen LogP contribution in [0, 0.1) is 0 Å². The van der Waals surface area contributed by atoms with E-state index in [0.29, 0.717) is 17.3 Å². The first-order valence-electron chi connectivity index (χ1n) is 11.1. The minimum Gasteiger partial charge on any atom is -0.356 e. The highest BCUT2D eigenvalue weighted by molar-refractivity contribution is 7.13. The number of Topliss-reactive ketones (excluding diaryl/α,β-unsaturated/α-hetero) is 1. The number of ketones is 1. The van der Waals surface area contributed by atoms with E-state index in [1.54, 1.807) is 35.3 Å². The van der Waals surface area contributed by atoms with E-state index in [9.17, 15) is 4.79 Å². The fourth-order valence-electron chi connectivity index (χ4n) is 4.28. The van der Waals surface area contributed by atoms with Gasteiger partial charge in [-0.1, -0.05) is 0 Å². The summed E-state index contributed by atoms with van der Waals surface area (Å²) < 4.78 is 0. The number of anilines is 1. The number of hydrogen-bond acceptors (Lipinski definition) is 8. The molecule has 1 aliphatic heterocycles. The highest BCUT2D eigenvalue weighted by atomic mass is 32.1. The first kappa shape index (κ1) is 21.6. The zero-order valence-electron chi connectivity index (χ0n) is 18.8. The number of rotatable bonds is 6. The van der Waals surface area contributed by atoms with Crippen LogP contribution < -0.4 is 4.90 Å². The van der Waals surface area contributed by atoms with Gasteiger partial charge < -0.3 is 9.80 Å². The summed E-state index contributed by atoms with van der Waals surface area (Å²) in [5.41, 5.74) is 4.89. The van der Waals surface area contributed by atoms with Crippen LogP contribution in [-0.4, -0.2) is 63.8 Å². The van der Waals surface area contributed by atoms with Gasteiger partial charge in [0.1, 0.15) is 5.82 Å². The highest BCUT2D eigenvalue weighted by Crippen LogP contribution is 2.25. The third-order valence-corrected chi connectivity index (χ3v) is 7.04. The Morgan fingerprint density at radius 2 is 1.97 bits per heavy atom. The molecule has 1 aliphatic rings. The molecule has 0 unspecified atom stereocenters. The Kier molecular flexibility index (Phi) is 6.11. The molecule has 7 nitrogen and oxygen atoms in total. The number of piperidine rings is 1. The van der Waals surface area contributed by atoms with E-state index in [2.05, 4.69) is 38.8 Å². The van der Waals surface area contributed by atoms with Gasteiger partial charge in [0.05, 0.1) is 33.7 Å².